The number of hydrogen-bond donors (Lipinski definition) is 1. The Balaban J connectivity index is 0.00000196. The number of carbonyl (C=O) groups excluding carboxylic acids is 1. The topological polar surface area (TPSA) is 41.6 Å². The van der Waals surface area contributed by atoms with Crippen LogP contribution in [0.15, 0.2) is 0 Å². The summed E-state index contributed by atoms with van der Waals surface area (Å²) < 4.78 is 5.42. The van der Waals surface area contributed by atoms with Crippen LogP contribution >= 0.6 is 12.4 Å². The predicted molar refractivity (Wildman–Crippen MR) is 62.4 cm³/mol. The minimum atomic E-state index is -0.268. The maximum atomic E-state index is 11.9. The van der Waals surface area contributed by atoms with E-state index in [9.17, 15) is 4.79 Å². The maximum absolute atomic E-state index is 11.9. The zero-order chi connectivity index (χ0) is 10.4. The van der Waals surface area contributed by atoms with Gasteiger partial charge in [-0.25, -0.2) is 0 Å². The lowest BCUT2D eigenvalue weighted by Crippen LogP contribution is -2.49. The van der Waals surface area contributed by atoms with Crippen LogP contribution in [0.5, 0.6) is 0 Å². The first-order chi connectivity index (χ1) is 6.79. The zero-order valence-corrected chi connectivity index (χ0v) is 10.3. The lowest BCUT2D eigenvalue weighted by molar-refractivity contribution is -0.145. The fourth-order valence-electron chi connectivity index (χ4n) is 1.62. The third-order valence-electron chi connectivity index (χ3n) is 2.39. The van der Waals surface area contributed by atoms with Gasteiger partial charge >= 0.3 is 0 Å². The molecule has 1 fully saturated rings. The number of rotatable bonds is 4. The van der Waals surface area contributed by atoms with Gasteiger partial charge in [-0.2, -0.15) is 0 Å². The minimum Gasteiger partial charge on any atom is -0.366 e. The Hall–Kier alpha value is -0.320. The van der Waals surface area contributed by atoms with E-state index in [0.29, 0.717) is 13.2 Å². The van der Waals surface area contributed by atoms with Crippen LogP contribution in [0, 0.1) is 0 Å². The summed E-state index contributed by atoms with van der Waals surface area (Å²) in [6.45, 7) is 7.82. The van der Waals surface area contributed by atoms with Crippen molar-refractivity contribution in [1.82, 2.24) is 10.2 Å². The van der Waals surface area contributed by atoms with Gasteiger partial charge < -0.3 is 15.0 Å². The van der Waals surface area contributed by atoms with Crippen molar-refractivity contribution in [2.75, 3.05) is 32.8 Å². The number of morpholine rings is 1. The van der Waals surface area contributed by atoms with Gasteiger partial charge in [-0.1, -0.05) is 6.92 Å². The van der Waals surface area contributed by atoms with E-state index >= 15 is 0 Å². The van der Waals surface area contributed by atoms with Crippen molar-refractivity contribution in [3.63, 3.8) is 0 Å². The lowest BCUT2D eigenvalue weighted by atomic mass is 10.2. The van der Waals surface area contributed by atoms with E-state index in [1.54, 1.807) is 0 Å². The second-order valence-corrected chi connectivity index (χ2v) is 3.48. The van der Waals surface area contributed by atoms with Crippen LogP contribution in [0.3, 0.4) is 0 Å². The maximum Gasteiger partial charge on any atom is 0.253 e. The lowest BCUT2D eigenvalue weighted by Gasteiger charge is -2.28. The van der Waals surface area contributed by atoms with Crippen molar-refractivity contribution < 1.29 is 9.53 Å². The van der Waals surface area contributed by atoms with E-state index in [1.807, 2.05) is 11.8 Å². The molecule has 1 rings (SSSR count). The van der Waals surface area contributed by atoms with E-state index in [2.05, 4.69) is 12.2 Å². The molecule has 0 saturated carbocycles. The van der Waals surface area contributed by atoms with Gasteiger partial charge in [-0.05, 0) is 13.3 Å². The van der Waals surface area contributed by atoms with Crippen LogP contribution in [-0.4, -0.2) is 49.7 Å². The molecule has 1 aliphatic heterocycles. The number of amides is 1. The first-order valence-electron chi connectivity index (χ1n) is 5.40. The molecule has 5 heteroatoms. The van der Waals surface area contributed by atoms with Crippen LogP contribution in [-0.2, 0) is 9.53 Å². The number of nitrogens with zero attached hydrogens (tertiary/aromatic N) is 1. The zero-order valence-electron chi connectivity index (χ0n) is 9.49. The van der Waals surface area contributed by atoms with Crippen LogP contribution in [0.1, 0.15) is 20.3 Å². The molecule has 1 heterocycles. The molecule has 1 unspecified atom stereocenters. The summed E-state index contributed by atoms with van der Waals surface area (Å²) in [7, 11) is 0. The molecule has 0 aromatic rings. The minimum absolute atomic E-state index is 0. The Bertz CT molecular complexity index is 178. The van der Waals surface area contributed by atoms with Gasteiger partial charge in [0.05, 0.1) is 6.61 Å². The summed E-state index contributed by atoms with van der Waals surface area (Å²) >= 11 is 0. The molecular weight excluding hydrogens is 216 g/mol. The molecule has 1 atom stereocenters. The SMILES string of the molecule is CCCN(CC)C(=O)C1CNCCO1.Cl. The molecule has 0 bridgehead atoms. The number of hydrogen-bond acceptors (Lipinski definition) is 3. The molecule has 0 aromatic carbocycles. The molecule has 1 N–H and O–H groups in total. The molecule has 1 aliphatic rings. The largest absolute Gasteiger partial charge is 0.366 e. The highest BCUT2D eigenvalue weighted by Crippen LogP contribution is 2.03. The van der Waals surface area contributed by atoms with Gasteiger partial charge in [-0.15, -0.1) is 12.4 Å². The highest BCUT2D eigenvalue weighted by Gasteiger charge is 2.25. The third kappa shape index (κ3) is 4.36. The van der Waals surface area contributed by atoms with Gasteiger partial charge in [0.15, 0.2) is 0 Å². The van der Waals surface area contributed by atoms with Gasteiger partial charge in [-0.3, -0.25) is 4.79 Å². The van der Waals surface area contributed by atoms with E-state index in [1.165, 1.54) is 0 Å². The fourth-order valence-corrected chi connectivity index (χ4v) is 1.62. The first kappa shape index (κ1) is 14.7. The average Bonchev–Trinajstić information content (AvgIpc) is 2.26. The molecule has 1 amide bonds. The van der Waals surface area contributed by atoms with Gasteiger partial charge in [0.25, 0.3) is 5.91 Å². The Labute approximate surface area is 97.8 Å². The van der Waals surface area contributed by atoms with Crippen LogP contribution in [0.25, 0.3) is 0 Å². The first-order valence-corrected chi connectivity index (χ1v) is 5.40. The number of likely N-dealkylation sites (N-methyl/N-ethyl adjacent to an activating group) is 1. The van der Waals surface area contributed by atoms with Crippen molar-refractivity contribution in [1.29, 1.82) is 0 Å². The molecule has 15 heavy (non-hydrogen) atoms. The molecule has 0 aromatic heterocycles. The summed E-state index contributed by atoms with van der Waals surface area (Å²) in [6, 6.07) is 0. The van der Waals surface area contributed by atoms with E-state index < -0.39 is 0 Å². The summed E-state index contributed by atoms with van der Waals surface area (Å²) in [6.07, 6.45) is 0.731. The summed E-state index contributed by atoms with van der Waals surface area (Å²) in [5.41, 5.74) is 0. The average molecular weight is 237 g/mol. The molecule has 0 spiro atoms. The number of nitrogens with one attached hydrogen (secondary N) is 1. The Kier molecular flexibility index (Phi) is 7.74. The molecule has 0 aliphatic carbocycles. The van der Waals surface area contributed by atoms with E-state index in [-0.39, 0.29) is 24.4 Å². The second kappa shape index (κ2) is 7.91. The highest BCUT2D eigenvalue weighted by molar-refractivity contribution is 5.85. The number of halogens is 1. The van der Waals surface area contributed by atoms with Crippen molar-refractivity contribution >= 4 is 18.3 Å². The third-order valence-corrected chi connectivity index (χ3v) is 2.39. The highest BCUT2D eigenvalue weighted by atomic mass is 35.5. The standard InChI is InChI=1S/C10H20N2O2.ClH/c1-3-6-12(4-2)10(13)9-8-11-5-7-14-9;/h9,11H,3-8H2,1-2H3;1H. The summed E-state index contributed by atoms with van der Waals surface area (Å²) in [5.74, 6) is 0.126. The van der Waals surface area contributed by atoms with Crippen molar-refractivity contribution in [3.05, 3.63) is 0 Å². The van der Waals surface area contributed by atoms with Crippen molar-refractivity contribution in [3.8, 4) is 0 Å². The van der Waals surface area contributed by atoms with E-state index in [0.717, 1.165) is 26.1 Å². The van der Waals surface area contributed by atoms with Crippen LogP contribution in [0.4, 0.5) is 0 Å². The second-order valence-electron chi connectivity index (χ2n) is 3.48. The smallest absolute Gasteiger partial charge is 0.253 e. The Morgan fingerprint density at radius 2 is 2.27 bits per heavy atom. The normalized spacial score (nSPS) is 20.5. The Morgan fingerprint density at radius 3 is 2.73 bits per heavy atom. The quantitative estimate of drug-likeness (QED) is 0.780. The van der Waals surface area contributed by atoms with Gasteiger partial charge in [0.2, 0.25) is 0 Å². The molecule has 4 nitrogen and oxygen atoms in total. The van der Waals surface area contributed by atoms with Crippen molar-refractivity contribution in [2.45, 2.75) is 26.4 Å². The molecule has 90 valence electrons. The summed E-state index contributed by atoms with van der Waals surface area (Å²) in [5, 5.41) is 3.16. The summed E-state index contributed by atoms with van der Waals surface area (Å²) in [4.78, 5) is 13.7. The van der Waals surface area contributed by atoms with Crippen LogP contribution < -0.4 is 5.32 Å². The number of carbonyl (C=O) groups is 1. The molecule has 1 saturated heterocycles. The monoisotopic (exact) mass is 236 g/mol. The molecular formula is C10H21ClN2O2. The fraction of sp³-hybridized carbons (Fsp3) is 0.900. The number of ether oxygens (including phenoxy) is 1. The van der Waals surface area contributed by atoms with Crippen LogP contribution in [0.2, 0.25) is 0 Å². The van der Waals surface area contributed by atoms with Crippen molar-refractivity contribution in [2.24, 2.45) is 0 Å². The molecule has 0 radical (unpaired) electrons. The predicted octanol–water partition coefficient (Wildman–Crippen LogP) is 0.655. The van der Waals surface area contributed by atoms with Gasteiger partial charge in [0, 0.05) is 26.2 Å². The Morgan fingerprint density at radius 1 is 1.53 bits per heavy atom. The van der Waals surface area contributed by atoms with E-state index in [4.69, 9.17) is 4.74 Å². The van der Waals surface area contributed by atoms with Gasteiger partial charge in [0.1, 0.15) is 6.10 Å².